The molecule has 74 valence electrons. The summed E-state index contributed by atoms with van der Waals surface area (Å²) in [4.78, 5) is 11.4. The maximum atomic E-state index is 13.7. The number of esters is 1. The van der Waals surface area contributed by atoms with Gasteiger partial charge in [0.05, 0.1) is 5.92 Å². The zero-order chi connectivity index (χ0) is 10.0. The number of rotatable bonds is 0. The molecule has 0 aromatic heterocycles. The molecule has 0 amide bonds. The number of hydrogen-bond acceptors (Lipinski definition) is 2. The van der Waals surface area contributed by atoms with Crippen LogP contribution in [0.1, 0.15) is 27.7 Å². The van der Waals surface area contributed by atoms with Gasteiger partial charge in [-0.2, -0.15) is 4.39 Å². The minimum atomic E-state index is -1.77. The normalized spacial score (nSPS) is 52.4. The summed E-state index contributed by atoms with van der Waals surface area (Å²) in [5.74, 6) is -2.25. The van der Waals surface area contributed by atoms with Crippen LogP contribution in [-0.2, 0) is 9.53 Å². The zero-order valence-corrected chi connectivity index (χ0v) is 8.43. The van der Waals surface area contributed by atoms with E-state index < -0.39 is 5.85 Å². The molecule has 2 nitrogen and oxygen atoms in total. The molecule has 1 aliphatic heterocycles. The standard InChI is InChI=1S/C10H15FO2/c1-5-6-7(9(6,2)3)8(12)13-10(5,4)11/h5-7H,1-4H3. The van der Waals surface area contributed by atoms with Crippen molar-refractivity contribution >= 4 is 5.97 Å². The zero-order valence-electron chi connectivity index (χ0n) is 8.43. The average Bonchev–Trinajstić information content (AvgIpc) is 2.49. The molecule has 1 heterocycles. The van der Waals surface area contributed by atoms with Gasteiger partial charge in [-0.1, -0.05) is 20.8 Å². The van der Waals surface area contributed by atoms with Crippen molar-refractivity contribution in [3.05, 3.63) is 0 Å². The van der Waals surface area contributed by atoms with Crippen LogP contribution in [0, 0.1) is 23.2 Å². The number of cyclic esters (lactones) is 1. The van der Waals surface area contributed by atoms with Gasteiger partial charge in [0.2, 0.25) is 0 Å². The molecule has 2 rings (SSSR count). The van der Waals surface area contributed by atoms with E-state index in [4.69, 9.17) is 4.74 Å². The molecule has 3 heteroatoms. The Hall–Kier alpha value is -0.600. The number of halogens is 1. The van der Waals surface area contributed by atoms with E-state index in [0.29, 0.717) is 0 Å². The van der Waals surface area contributed by atoms with Gasteiger partial charge in [-0.3, -0.25) is 4.79 Å². The summed E-state index contributed by atoms with van der Waals surface area (Å²) in [5, 5.41) is 0. The third-order valence-corrected chi connectivity index (χ3v) is 3.82. The molecule has 4 atom stereocenters. The molecular weight excluding hydrogens is 171 g/mol. The first-order chi connectivity index (χ1) is 5.78. The van der Waals surface area contributed by atoms with Gasteiger partial charge in [-0.15, -0.1) is 0 Å². The van der Waals surface area contributed by atoms with Crippen LogP contribution in [-0.4, -0.2) is 11.8 Å². The van der Waals surface area contributed by atoms with Crippen molar-refractivity contribution in [2.24, 2.45) is 23.2 Å². The van der Waals surface area contributed by atoms with Crippen LogP contribution < -0.4 is 0 Å². The lowest BCUT2D eigenvalue weighted by Crippen LogP contribution is -2.40. The Bertz CT molecular complexity index is 270. The summed E-state index contributed by atoms with van der Waals surface area (Å²) in [6.07, 6.45) is 0. The molecule has 0 aromatic carbocycles. The monoisotopic (exact) mass is 186 g/mol. The van der Waals surface area contributed by atoms with Crippen molar-refractivity contribution in [1.82, 2.24) is 0 Å². The first-order valence-corrected chi connectivity index (χ1v) is 4.70. The van der Waals surface area contributed by atoms with Crippen LogP contribution in [0.3, 0.4) is 0 Å². The number of carbonyl (C=O) groups is 1. The van der Waals surface area contributed by atoms with E-state index in [1.807, 2.05) is 20.8 Å². The lowest BCUT2D eigenvalue weighted by molar-refractivity contribution is -0.204. The van der Waals surface area contributed by atoms with E-state index in [1.54, 1.807) is 0 Å². The van der Waals surface area contributed by atoms with Gasteiger partial charge in [0.25, 0.3) is 5.85 Å². The fourth-order valence-electron chi connectivity index (χ4n) is 2.73. The van der Waals surface area contributed by atoms with Crippen molar-refractivity contribution in [2.75, 3.05) is 0 Å². The van der Waals surface area contributed by atoms with E-state index in [0.717, 1.165) is 0 Å². The fourth-order valence-corrected chi connectivity index (χ4v) is 2.73. The van der Waals surface area contributed by atoms with Gasteiger partial charge in [0, 0.05) is 12.8 Å². The highest BCUT2D eigenvalue weighted by Crippen LogP contribution is 2.67. The van der Waals surface area contributed by atoms with Gasteiger partial charge in [0.15, 0.2) is 0 Å². The first kappa shape index (κ1) is 8.97. The molecule has 2 aliphatic rings. The van der Waals surface area contributed by atoms with E-state index in [-0.39, 0.29) is 29.1 Å². The van der Waals surface area contributed by atoms with E-state index in [2.05, 4.69) is 0 Å². The van der Waals surface area contributed by atoms with Crippen molar-refractivity contribution in [1.29, 1.82) is 0 Å². The molecule has 13 heavy (non-hydrogen) atoms. The third kappa shape index (κ3) is 0.960. The van der Waals surface area contributed by atoms with Gasteiger partial charge < -0.3 is 4.74 Å². The molecular formula is C10H15FO2. The number of ether oxygens (including phenoxy) is 1. The Morgan fingerprint density at radius 3 is 2.46 bits per heavy atom. The fraction of sp³-hybridized carbons (Fsp3) is 0.900. The Labute approximate surface area is 77.5 Å². The van der Waals surface area contributed by atoms with Crippen LogP contribution in [0.4, 0.5) is 4.39 Å². The van der Waals surface area contributed by atoms with Crippen LogP contribution in [0.15, 0.2) is 0 Å². The minimum absolute atomic E-state index is 0.0691. The predicted molar refractivity (Wildman–Crippen MR) is 45.5 cm³/mol. The van der Waals surface area contributed by atoms with Crippen LogP contribution >= 0.6 is 0 Å². The van der Waals surface area contributed by atoms with Crippen molar-refractivity contribution in [3.63, 3.8) is 0 Å². The summed E-state index contributed by atoms with van der Waals surface area (Å²) < 4.78 is 18.5. The van der Waals surface area contributed by atoms with Gasteiger partial charge in [0.1, 0.15) is 0 Å². The average molecular weight is 186 g/mol. The van der Waals surface area contributed by atoms with Gasteiger partial charge in [-0.25, -0.2) is 0 Å². The summed E-state index contributed by atoms with van der Waals surface area (Å²) in [5.41, 5.74) is -0.0691. The SMILES string of the molecule is CC1C2C(C(=O)OC1(C)F)C2(C)C. The summed E-state index contributed by atoms with van der Waals surface area (Å²) >= 11 is 0. The molecule has 1 saturated heterocycles. The second-order valence-corrected chi connectivity index (χ2v) is 5.02. The maximum Gasteiger partial charge on any atom is 0.312 e. The number of alkyl halides is 1. The van der Waals surface area contributed by atoms with Crippen molar-refractivity contribution in [2.45, 2.75) is 33.5 Å². The highest BCUT2D eigenvalue weighted by molar-refractivity contribution is 5.79. The second-order valence-electron chi connectivity index (χ2n) is 5.02. The largest absolute Gasteiger partial charge is 0.428 e. The van der Waals surface area contributed by atoms with Crippen LogP contribution in [0.5, 0.6) is 0 Å². The first-order valence-electron chi connectivity index (χ1n) is 4.70. The smallest absolute Gasteiger partial charge is 0.312 e. The minimum Gasteiger partial charge on any atom is -0.428 e. The summed E-state index contributed by atoms with van der Waals surface area (Å²) in [6.45, 7) is 7.17. The van der Waals surface area contributed by atoms with E-state index >= 15 is 0 Å². The Kier molecular flexibility index (Phi) is 1.43. The Morgan fingerprint density at radius 1 is 1.38 bits per heavy atom. The van der Waals surface area contributed by atoms with Crippen molar-refractivity contribution < 1.29 is 13.9 Å². The van der Waals surface area contributed by atoms with Crippen LogP contribution in [0.2, 0.25) is 0 Å². The molecule has 0 aromatic rings. The number of hydrogen-bond donors (Lipinski definition) is 0. The van der Waals surface area contributed by atoms with E-state index in [1.165, 1.54) is 6.92 Å². The number of fused-ring (bicyclic) bond motifs is 1. The lowest BCUT2D eigenvalue weighted by atomic mass is 9.92. The Balaban J connectivity index is 2.30. The van der Waals surface area contributed by atoms with E-state index in [9.17, 15) is 9.18 Å². The molecule has 4 unspecified atom stereocenters. The quantitative estimate of drug-likeness (QED) is 0.542. The lowest BCUT2D eigenvalue weighted by Gasteiger charge is -2.31. The topological polar surface area (TPSA) is 26.3 Å². The van der Waals surface area contributed by atoms with Gasteiger partial charge in [-0.05, 0) is 11.3 Å². The summed E-state index contributed by atoms with van der Waals surface area (Å²) in [7, 11) is 0. The van der Waals surface area contributed by atoms with Crippen LogP contribution in [0.25, 0.3) is 0 Å². The highest BCUT2D eigenvalue weighted by Gasteiger charge is 2.71. The van der Waals surface area contributed by atoms with Gasteiger partial charge >= 0.3 is 5.97 Å². The Morgan fingerprint density at radius 2 is 1.92 bits per heavy atom. The molecule has 0 radical (unpaired) electrons. The summed E-state index contributed by atoms with van der Waals surface area (Å²) in [6, 6.07) is 0. The molecule has 0 N–H and O–H groups in total. The molecule has 0 spiro atoms. The maximum absolute atomic E-state index is 13.7. The second kappa shape index (κ2) is 2.07. The molecule has 1 saturated carbocycles. The van der Waals surface area contributed by atoms with Crippen molar-refractivity contribution in [3.8, 4) is 0 Å². The number of carbonyl (C=O) groups excluding carboxylic acids is 1. The predicted octanol–water partition coefficient (Wildman–Crippen LogP) is 2.14. The highest BCUT2D eigenvalue weighted by atomic mass is 19.2. The third-order valence-electron chi connectivity index (χ3n) is 3.82. The molecule has 2 fully saturated rings. The molecule has 1 aliphatic carbocycles. The molecule has 0 bridgehead atoms.